The smallest absolute Gasteiger partial charge is 0.186 e. The molecule has 0 bridgehead atoms. The molecule has 0 aliphatic carbocycles. The van der Waals surface area contributed by atoms with Gasteiger partial charge in [0, 0.05) is 16.9 Å². The molecule has 0 amide bonds. The maximum Gasteiger partial charge on any atom is 0.186 e. The number of hydrogen-bond donors (Lipinski definition) is 8. The Hall–Kier alpha value is -1.34. The molecule has 47 heavy (non-hydrogen) atoms. The van der Waals surface area contributed by atoms with Gasteiger partial charge in [-0.15, -0.1) is 0 Å². The quantitative estimate of drug-likeness (QED) is 0.0932. The first-order valence-electron chi connectivity index (χ1n) is 15.8. The number of hydrogen-bond acceptors (Lipinski definition) is 14. The molecule has 10 atom stereocenters. The maximum atomic E-state index is 10.7. The summed E-state index contributed by atoms with van der Waals surface area (Å²) in [5.74, 6) is 2.51. The van der Waals surface area contributed by atoms with Crippen LogP contribution in [0.2, 0.25) is 0 Å². The number of rotatable bonds is 18. The minimum absolute atomic E-state index is 0.0518. The van der Waals surface area contributed by atoms with Crippen molar-refractivity contribution in [2.75, 3.05) is 49.4 Å². The van der Waals surface area contributed by atoms with Gasteiger partial charge in [0.2, 0.25) is 0 Å². The molecule has 0 saturated carbocycles. The number of aryl methyl sites for hydroxylation is 2. The SMILES string of the molecule is OC[C@H]1O[C@@H](OCC(CO[C@@H]2O[C@H](CO)[C@@H](O)[C@H](O)[C@H]2O)(CSCCc2ccccc2)CSCCc2ccccc2)[C@H](O)[C@@H](O)[C@@H]1O. The van der Waals surface area contributed by atoms with Gasteiger partial charge in [0.05, 0.1) is 26.4 Å². The Labute approximate surface area is 283 Å². The summed E-state index contributed by atoms with van der Waals surface area (Å²) in [5, 5.41) is 81.8. The van der Waals surface area contributed by atoms with Crippen LogP contribution >= 0.6 is 23.5 Å². The van der Waals surface area contributed by atoms with E-state index in [9.17, 15) is 40.9 Å². The largest absolute Gasteiger partial charge is 0.394 e. The molecule has 14 heteroatoms. The van der Waals surface area contributed by atoms with Gasteiger partial charge in [-0.05, 0) is 35.5 Å². The molecule has 2 aromatic carbocycles. The average Bonchev–Trinajstić information content (AvgIpc) is 3.10. The Bertz CT molecular complexity index is 1060. The first-order chi connectivity index (χ1) is 22.7. The number of benzene rings is 2. The lowest BCUT2D eigenvalue weighted by Gasteiger charge is -2.43. The molecule has 12 nitrogen and oxygen atoms in total. The van der Waals surface area contributed by atoms with Crippen LogP contribution in [0.5, 0.6) is 0 Å². The lowest BCUT2D eigenvalue weighted by Crippen LogP contribution is -2.60. The van der Waals surface area contributed by atoms with E-state index in [0.29, 0.717) is 11.5 Å². The third-order valence-electron chi connectivity index (χ3n) is 8.38. The summed E-state index contributed by atoms with van der Waals surface area (Å²) in [7, 11) is 0. The number of aliphatic hydroxyl groups is 8. The molecule has 2 fully saturated rings. The molecule has 2 aliphatic rings. The van der Waals surface area contributed by atoms with E-state index in [1.54, 1.807) is 23.5 Å². The van der Waals surface area contributed by atoms with Crippen molar-refractivity contribution in [2.45, 2.75) is 74.3 Å². The standard InChI is InChI=1S/C33H48O12S2/c34-15-23-25(36)27(38)29(40)31(44-23)42-17-33(19-46-13-11-21-7-3-1-4-8-21,20-47-14-12-22-9-5-2-6-10-22)18-43-32-30(41)28(39)26(37)24(16-35)45-32/h1-10,23-32,34-41H,11-20H2/t23-,24-,25-,26-,27+,28+,29-,30-,31-,32-/m1/s1. The summed E-state index contributed by atoms with van der Waals surface area (Å²) in [6.07, 6.45) is -12.8. The zero-order valence-electron chi connectivity index (χ0n) is 26.1. The third-order valence-corrected chi connectivity index (χ3v) is 11.0. The third kappa shape index (κ3) is 10.8. The minimum atomic E-state index is -1.61. The van der Waals surface area contributed by atoms with Crippen LogP contribution in [0, 0.1) is 5.41 Å². The van der Waals surface area contributed by atoms with E-state index in [2.05, 4.69) is 24.3 Å². The zero-order valence-corrected chi connectivity index (χ0v) is 27.8. The molecule has 2 aromatic rings. The second-order valence-corrected chi connectivity index (χ2v) is 14.3. The van der Waals surface area contributed by atoms with Gasteiger partial charge in [-0.25, -0.2) is 0 Å². The highest BCUT2D eigenvalue weighted by atomic mass is 32.2. The highest BCUT2D eigenvalue weighted by Crippen LogP contribution is 2.34. The predicted octanol–water partition coefficient (Wildman–Crippen LogP) is -0.442. The van der Waals surface area contributed by atoms with Gasteiger partial charge in [-0.3, -0.25) is 0 Å². The highest BCUT2D eigenvalue weighted by molar-refractivity contribution is 8.00. The molecule has 2 heterocycles. The van der Waals surface area contributed by atoms with Crippen molar-refractivity contribution in [3.63, 3.8) is 0 Å². The number of thioether (sulfide) groups is 2. The van der Waals surface area contributed by atoms with Crippen LogP contribution in [-0.4, -0.2) is 152 Å². The van der Waals surface area contributed by atoms with Gasteiger partial charge in [0.1, 0.15) is 48.8 Å². The van der Waals surface area contributed by atoms with Crippen molar-refractivity contribution < 1.29 is 59.8 Å². The summed E-state index contributed by atoms with van der Waals surface area (Å²) in [4.78, 5) is 0. The molecule has 264 valence electrons. The summed E-state index contributed by atoms with van der Waals surface area (Å²) in [6.45, 7) is -1.30. The van der Waals surface area contributed by atoms with Crippen LogP contribution < -0.4 is 0 Å². The molecule has 0 unspecified atom stereocenters. The monoisotopic (exact) mass is 700 g/mol. The van der Waals surface area contributed by atoms with Crippen molar-refractivity contribution in [1.82, 2.24) is 0 Å². The van der Waals surface area contributed by atoms with E-state index in [-0.39, 0.29) is 13.2 Å². The van der Waals surface area contributed by atoms with E-state index in [4.69, 9.17) is 18.9 Å². The summed E-state index contributed by atoms with van der Waals surface area (Å²) >= 11 is 3.32. The van der Waals surface area contributed by atoms with Crippen molar-refractivity contribution in [3.05, 3.63) is 71.8 Å². The van der Waals surface area contributed by atoms with Gasteiger partial charge in [-0.2, -0.15) is 23.5 Å². The fraction of sp³-hybridized carbons (Fsp3) is 0.636. The van der Waals surface area contributed by atoms with Gasteiger partial charge in [-0.1, -0.05) is 60.7 Å². The normalized spacial score (nSPS) is 31.6. The van der Waals surface area contributed by atoms with Gasteiger partial charge in [0.15, 0.2) is 12.6 Å². The highest BCUT2D eigenvalue weighted by Gasteiger charge is 2.47. The Morgan fingerprint density at radius 2 is 0.936 bits per heavy atom. The molecule has 0 spiro atoms. The fourth-order valence-corrected chi connectivity index (χ4v) is 8.01. The molecule has 4 rings (SSSR count). The molecule has 2 saturated heterocycles. The predicted molar refractivity (Wildman–Crippen MR) is 177 cm³/mol. The van der Waals surface area contributed by atoms with Crippen molar-refractivity contribution in [3.8, 4) is 0 Å². The molecule has 0 radical (unpaired) electrons. The fourth-order valence-electron chi connectivity index (χ4n) is 5.42. The summed E-state index contributed by atoms with van der Waals surface area (Å²) < 4.78 is 23.4. The summed E-state index contributed by atoms with van der Waals surface area (Å²) in [6, 6.07) is 20.1. The van der Waals surface area contributed by atoms with Crippen LogP contribution in [-0.2, 0) is 31.8 Å². The van der Waals surface area contributed by atoms with E-state index in [1.807, 2.05) is 36.4 Å². The molecule has 8 N–H and O–H groups in total. The van der Waals surface area contributed by atoms with E-state index in [1.165, 1.54) is 11.1 Å². The average molecular weight is 701 g/mol. The van der Waals surface area contributed by atoms with Gasteiger partial charge < -0.3 is 59.8 Å². The van der Waals surface area contributed by atoms with Gasteiger partial charge >= 0.3 is 0 Å². The van der Waals surface area contributed by atoms with Crippen LogP contribution in [0.25, 0.3) is 0 Å². The van der Waals surface area contributed by atoms with E-state index < -0.39 is 80.0 Å². The Kier molecular flexibility index (Phi) is 15.7. The maximum absolute atomic E-state index is 10.7. The van der Waals surface area contributed by atoms with E-state index >= 15 is 0 Å². The zero-order chi connectivity index (χ0) is 33.8. The second-order valence-electron chi connectivity index (χ2n) is 12.1. The van der Waals surface area contributed by atoms with Crippen LogP contribution in [0.1, 0.15) is 11.1 Å². The Balaban J connectivity index is 1.52. The Morgan fingerprint density at radius 1 is 0.553 bits per heavy atom. The first-order valence-corrected chi connectivity index (χ1v) is 18.1. The van der Waals surface area contributed by atoms with Crippen LogP contribution in [0.4, 0.5) is 0 Å². The lowest BCUT2D eigenvalue weighted by atomic mass is 9.94. The van der Waals surface area contributed by atoms with Crippen molar-refractivity contribution in [1.29, 1.82) is 0 Å². The first kappa shape index (κ1) is 38.5. The van der Waals surface area contributed by atoms with Crippen molar-refractivity contribution >= 4 is 23.5 Å². The number of aliphatic hydroxyl groups excluding tert-OH is 8. The Morgan fingerprint density at radius 3 is 1.30 bits per heavy atom. The minimum Gasteiger partial charge on any atom is -0.394 e. The molecular weight excluding hydrogens is 652 g/mol. The topological polar surface area (TPSA) is 199 Å². The van der Waals surface area contributed by atoms with E-state index in [0.717, 1.165) is 24.3 Å². The number of ether oxygens (including phenoxy) is 4. The molecule has 2 aliphatic heterocycles. The van der Waals surface area contributed by atoms with Crippen molar-refractivity contribution in [2.24, 2.45) is 5.41 Å². The molecule has 0 aromatic heterocycles. The lowest BCUT2D eigenvalue weighted by molar-refractivity contribution is -0.316. The van der Waals surface area contributed by atoms with Gasteiger partial charge in [0.25, 0.3) is 0 Å². The summed E-state index contributed by atoms with van der Waals surface area (Å²) in [5.41, 5.74) is 1.55. The van der Waals surface area contributed by atoms with Crippen LogP contribution in [0.3, 0.4) is 0 Å². The van der Waals surface area contributed by atoms with Crippen LogP contribution in [0.15, 0.2) is 60.7 Å². The molecular formula is C33H48O12S2. The second kappa shape index (κ2) is 19.2.